The van der Waals surface area contributed by atoms with E-state index in [-0.39, 0.29) is 0 Å². The van der Waals surface area contributed by atoms with Crippen LogP contribution in [0.4, 0.5) is 0 Å². The number of aryl methyl sites for hydroxylation is 1. The molecule has 3 aromatic heterocycles. The number of nitrogens with zero attached hydrogens (tertiary/aromatic N) is 2. The number of hydrogen-bond acceptors (Lipinski definition) is 5. The molecule has 3 rings (SSSR count). The molecule has 0 aromatic carbocycles. The van der Waals surface area contributed by atoms with Crippen molar-refractivity contribution in [3.05, 3.63) is 31.7 Å². The van der Waals surface area contributed by atoms with E-state index in [1.165, 1.54) is 10.4 Å². The van der Waals surface area contributed by atoms with Gasteiger partial charge in [0, 0.05) is 20.1 Å². The predicted molar refractivity (Wildman–Crippen MR) is 82.7 cm³/mol. The molecule has 0 radical (unpaired) electrons. The maximum absolute atomic E-state index is 5.80. The van der Waals surface area contributed by atoms with Crippen LogP contribution in [0.15, 0.2) is 25.7 Å². The van der Waals surface area contributed by atoms with Gasteiger partial charge in [-0.2, -0.15) is 0 Å². The Hall–Kier alpha value is -0.980. The predicted octanol–water partition coefficient (Wildman–Crippen LogP) is 5.16. The van der Waals surface area contributed by atoms with Gasteiger partial charge in [-0.15, -0.1) is 32.9 Å². The van der Waals surface area contributed by atoms with Crippen LogP contribution in [0, 0.1) is 6.92 Å². The van der Waals surface area contributed by atoms with Gasteiger partial charge >= 0.3 is 0 Å². The number of rotatable bonds is 3. The lowest BCUT2D eigenvalue weighted by molar-refractivity contribution is 0.585. The van der Waals surface area contributed by atoms with Crippen molar-refractivity contribution in [2.24, 2.45) is 0 Å². The van der Waals surface area contributed by atoms with Gasteiger partial charge in [-0.05, 0) is 40.9 Å². The molecule has 6 heteroatoms. The normalized spacial score (nSPS) is 11.1. The maximum atomic E-state index is 5.80. The van der Waals surface area contributed by atoms with E-state index in [9.17, 15) is 0 Å². The van der Waals surface area contributed by atoms with Crippen molar-refractivity contribution in [3.8, 4) is 22.2 Å². The molecule has 0 bridgehead atoms. The first kappa shape index (κ1) is 13.0. The lowest BCUT2D eigenvalue weighted by Gasteiger charge is -1.97. The van der Waals surface area contributed by atoms with Crippen molar-refractivity contribution in [1.82, 2.24) is 10.2 Å². The lowest BCUT2D eigenvalue weighted by atomic mass is 10.1. The Bertz CT molecular complexity index is 714. The quantitative estimate of drug-likeness (QED) is 0.651. The highest BCUT2D eigenvalue weighted by atomic mass is 79.9. The van der Waals surface area contributed by atoms with Gasteiger partial charge in [0.2, 0.25) is 5.89 Å². The fourth-order valence-electron chi connectivity index (χ4n) is 1.95. The Kier molecular flexibility index (Phi) is 3.56. The molecule has 0 amide bonds. The highest BCUT2D eigenvalue weighted by Gasteiger charge is 2.16. The Labute approximate surface area is 127 Å². The smallest absolute Gasteiger partial charge is 0.258 e. The zero-order chi connectivity index (χ0) is 13.4. The van der Waals surface area contributed by atoms with Crippen molar-refractivity contribution >= 4 is 38.6 Å². The summed E-state index contributed by atoms with van der Waals surface area (Å²) in [5.41, 5.74) is 2.37. The Morgan fingerprint density at radius 3 is 2.68 bits per heavy atom. The van der Waals surface area contributed by atoms with Gasteiger partial charge in [0.25, 0.3) is 5.89 Å². The highest BCUT2D eigenvalue weighted by molar-refractivity contribution is 9.10. The van der Waals surface area contributed by atoms with E-state index in [1.54, 1.807) is 22.7 Å². The van der Waals surface area contributed by atoms with Crippen LogP contribution in [0.3, 0.4) is 0 Å². The topological polar surface area (TPSA) is 38.9 Å². The summed E-state index contributed by atoms with van der Waals surface area (Å²) >= 11 is 6.74. The average molecular weight is 355 g/mol. The van der Waals surface area contributed by atoms with Crippen LogP contribution in [-0.2, 0) is 6.42 Å². The second kappa shape index (κ2) is 5.19. The van der Waals surface area contributed by atoms with Crippen LogP contribution < -0.4 is 0 Å². The van der Waals surface area contributed by atoms with Crippen molar-refractivity contribution in [3.63, 3.8) is 0 Å². The minimum atomic E-state index is 0.580. The molecule has 3 aromatic rings. The summed E-state index contributed by atoms with van der Waals surface area (Å²) in [6.07, 6.45) is 0.979. The third-order valence-electron chi connectivity index (χ3n) is 2.89. The Morgan fingerprint density at radius 1 is 1.21 bits per heavy atom. The monoisotopic (exact) mass is 354 g/mol. The fraction of sp³-hybridized carbons (Fsp3) is 0.231. The molecule has 3 heterocycles. The number of aromatic nitrogens is 2. The standard InChI is InChI=1S/C13H11BrN2OS2/c1-3-9-7(2)18-6-10(9)12-15-16-13(17-12)11-4-8(14)5-19-11/h4-6H,3H2,1-2H3. The molecule has 19 heavy (non-hydrogen) atoms. The number of hydrogen-bond donors (Lipinski definition) is 0. The van der Waals surface area contributed by atoms with Crippen molar-refractivity contribution in [2.45, 2.75) is 20.3 Å². The molecule has 0 fully saturated rings. The molecule has 0 unspecified atom stereocenters. The third-order valence-corrected chi connectivity index (χ3v) is 5.52. The Balaban J connectivity index is 2.01. The molecular weight excluding hydrogens is 344 g/mol. The van der Waals surface area contributed by atoms with Crippen LogP contribution in [-0.4, -0.2) is 10.2 Å². The van der Waals surface area contributed by atoms with Crippen LogP contribution in [0.25, 0.3) is 22.2 Å². The zero-order valence-corrected chi connectivity index (χ0v) is 13.7. The molecule has 0 aliphatic rings. The minimum absolute atomic E-state index is 0.580. The molecular formula is C13H11BrN2OS2. The van der Waals surface area contributed by atoms with E-state index in [2.05, 4.69) is 45.4 Å². The lowest BCUT2D eigenvalue weighted by Crippen LogP contribution is -1.84. The van der Waals surface area contributed by atoms with Gasteiger partial charge in [0.1, 0.15) is 0 Å². The molecule has 0 aliphatic carbocycles. The largest absolute Gasteiger partial charge is 0.415 e. The number of halogens is 1. The van der Waals surface area contributed by atoms with Crippen molar-refractivity contribution in [1.29, 1.82) is 0 Å². The number of thiophene rings is 2. The summed E-state index contributed by atoms with van der Waals surface area (Å²) in [4.78, 5) is 2.30. The first-order valence-electron chi connectivity index (χ1n) is 5.84. The van der Waals surface area contributed by atoms with Gasteiger partial charge < -0.3 is 4.42 Å². The molecule has 0 atom stereocenters. The van der Waals surface area contributed by atoms with Crippen LogP contribution in [0.1, 0.15) is 17.4 Å². The molecule has 0 saturated heterocycles. The van der Waals surface area contributed by atoms with E-state index in [0.29, 0.717) is 11.8 Å². The van der Waals surface area contributed by atoms with Gasteiger partial charge in [0.05, 0.1) is 10.4 Å². The summed E-state index contributed by atoms with van der Waals surface area (Å²) < 4.78 is 6.83. The van der Waals surface area contributed by atoms with Gasteiger partial charge in [-0.3, -0.25) is 0 Å². The Morgan fingerprint density at radius 2 is 2.00 bits per heavy atom. The summed E-state index contributed by atoms with van der Waals surface area (Å²) in [6, 6.07) is 1.99. The minimum Gasteiger partial charge on any atom is -0.415 e. The second-order valence-corrected chi connectivity index (χ2v) is 6.99. The van der Waals surface area contributed by atoms with Crippen LogP contribution in [0.5, 0.6) is 0 Å². The van der Waals surface area contributed by atoms with Crippen LogP contribution >= 0.6 is 38.6 Å². The van der Waals surface area contributed by atoms with Gasteiger partial charge in [0.15, 0.2) is 0 Å². The summed E-state index contributed by atoms with van der Waals surface area (Å²) in [7, 11) is 0. The van der Waals surface area contributed by atoms with Gasteiger partial charge in [-0.25, -0.2) is 0 Å². The molecule has 3 nitrogen and oxygen atoms in total. The third kappa shape index (κ3) is 2.40. The van der Waals surface area contributed by atoms with E-state index in [4.69, 9.17) is 4.42 Å². The first-order chi connectivity index (χ1) is 9.19. The fourth-order valence-corrected chi connectivity index (χ4v) is 4.24. The molecule has 0 saturated carbocycles. The first-order valence-corrected chi connectivity index (χ1v) is 8.39. The molecule has 0 N–H and O–H groups in total. The maximum Gasteiger partial charge on any atom is 0.258 e. The molecule has 0 spiro atoms. The van der Waals surface area contributed by atoms with Crippen molar-refractivity contribution < 1.29 is 4.42 Å². The van der Waals surface area contributed by atoms with E-state index in [0.717, 1.165) is 21.3 Å². The summed E-state index contributed by atoms with van der Waals surface area (Å²) in [5.74, 6) is 1.19. The molecule has 0 aliphatic heterocycles. The van der Waals surface area contributed by atoms with E-state index < -0.39 is 0 Å². The van der Waals surface area contributed by atoms with Gasteiger partial charge in [-0.1, -0.05) is 6.92 Å². The van der Waals surface area contributed by atoms with E-state index in [1.807, 2.05) is 11.4 Å². The van der Waals surface area contributed by atoms with Crippen molar-refractivity contribution in [2.75, 3.05) is 0 Å². The van der Waals surface area contributed by atoms with E-state index >= 15 is 0 Å². The average Bonchev–Trinajstić information content (AvgIpc) is 3.07. The SMILES string of the molecule is CCc1c(-c2nnc(-c3cc(Br)cs3)o2)csc1C. The van der Waals surface area contributed by atoms with Crippen LogP contribution in [0.2, 0.25) is 0 Å². The molecule has 98 valence electrons. The summed E-state index contributed by atoms with van der Waals surface area (Å²) in [5, 5.41) is 12.4. The highest BCUT2D eigenvalue weighted by Crippen LogP contribution is 2.34. The second-order valence-electron chi connectivity index (χ2n) is 4.08. The summed E-state index contributed by atoms with van der Waals surface area (Å²) in [6.45, 7) is 4.27. The zero-order valence-electron chi connectivity index (χ0n) is 10.4.